The number of hydrogen-bond acceptors (Lipinski definition) is 5. The number of aromatic nitrogens is 4. The molecule has 9 nitrogen and oxygen atoms in total. The summed E-state index contributed by atoms with van der Waals surface area (Å²) >= 11 is 0. The van der Waals surface area contributed by atoms with Gasteiger partial charge in [-0.05, 0) is 43.0 Å². The van der Waals surface area contributed by atoms with Crippen molar-refractivity contribution in [2.45, 2.75) is 45.6 Å². The molecule has 2 aliphatic rings. The van der Waals surface area contributed by atoms with Crippen LogP contribution in [0.1, 0.15) is 64.6 Å². The van der Waals surface area contributed by atoms with Gasteiger partial charge in [-0.2, -0.15) is 19.2 Å². The van der Waals surface area contributed by atoms with Gasteiger partial charge in [-0.25, -0.2) is 4.79 Å². The average Bonchev–Trinajstić information content (AvgIpc) is 3.25. The summed E-state index contributed by atoms with van der Waals surface area (Å²) < 4.78 is 0.883. The molecule has 9 heteroatoms. The van der Waals surface area contributed by atoms with E-state index in [1.165, 1.54) is 17.0 Å². The SMILES string of the molecule is Cc1ccc2c(c1)C=Cc1cc(C)ccc1C2c1cn(-c2ccnc([N+]3(C(=O)O)CCC[C@H]3C)n2)c(=O)[nH]c1=O. The predicted molar refractivity (Wildman–Crippen MR) is 154 cm³/mol. The van der Waals surface area contributed by atoms with Crippen molar-refractivity contribution in [2.75, 3.05) is 6.54 Å². The Balaban J connectivity index is 1.56. The van der Waals surface area contributed by atoms with E-state index in [-0.39, 0.29) is 17.8 Å². The molecule has 2 atom stereocenters. The lowest BCUT2D eigenvalue weighted by Gasteiger charge is -2.29. The van der Waals surface area contributed by atoms with E-state index >= 15 is 0 Å². The Morgan fingerprint density at radius 1 is 1.00 bits per heavy atom. The number of rotatable bonds is 3. The van der Waals surface area contributed by atoms with Crippen molar-refractivity contribution in [3.05, 3.63) is 115 Å². The molecule has 0 saturated carbocycles. The van der Waals surface area contributed by atoms with E-state index < -0.39 is 27.7 Å². The lowest BCUT2D eigenvalue weighted by molar-refractivity contribution is 0.141. The van der Waals surface area contributed by atoms with E-state index in [1.807, 2.05) is 45.0 Å². The highest BCUT2D eigenvalue weighted by Crippen LogP contribution is 2.39. The van der Waals surface area contributed by atoms with Crippen molar-refractivity contribution in [2.24, 2.45) is 0 Å². The van der Waals surface area contributed by atoms with Gasteiger partial charge in [0.05, 0.1) is 6.54 Å². The van der Waals surface area contributed by atoms with Gasteiger partial charge in [0.25, 0.3) is 5.56 Å². The van der Waals surface area contributed by atoms with Crippen LogP contribution in [0.5, 0.6) is 0 Å². The van der Waals surface area contributed by atoms with Crippen molar-refractivity contribution < 1.29 is 9.90 Å². The molecule has 0 radical (unpaired) electrons. The van der Waals surface area contributed by atoms with Gasteiger partial charge in [-0.1, -0.05) is 59.7 Å². The number of fused-ring (bicyclic) bond motifs is 2. The molecule has 0 spiro atoms. The number of quaternary nitrogens is 1. The predicted octanol–water partition coefficient (Wildman–Crippen LogP) is 4.76. The summed E-state index contributed by atoms with van der Waals surface area (Å²) in [5.74, 6) is -0.130. The topological polar surface area (TPSA) is 118 Å². The van der Waals surface area contributed by atoms with Crippen molar-refractivity contribution in [1.82, 2.24) is 24.0 Å². The lowest BCUT2D eigenvalue weighted by Crippen LogP contribution is -2.56. The molecule has 1 unspecified atom stereocenters. The van der Waals surface area contributed by atoms with Gasteiger partial charge in [0.1, 0.15) is 11.9 Å². The Kier molecular flexibility index (Phi) is 6.11. The fourth-order valence-corrected chi connectivity index (χ4v) is 6.16. The van der Waals surface area contributed by atoms with Gasteiger partial charge < -0.3 is 5.11 Å². The first-order valence-electron chi connectivity index (χ1n) is 13.4. The third-order valence-electron chi connectivity index (χ3n) is 8.29. The largest absolute Gasteiger partial charge is 0.521 e. The Morgan fingerprint density at radius 3 is 2.23 bits per heavy atom. The van der Waals surface area contributed by atoms with Crippen LogP contribution in [-0.4, -0.2) is 43.3 Å². The molecule has 2 aromatic carbocycles. The average molecular weight is 537 g/mol. The van der Waals surface area contributed by atoms with Crippen molar-refractivity contribution in [3.8, 4) is 5.82 Å². The molecule has 1 aliphatic heterocycles. The van der Waals surface area contributed by atoms with Gasteiger partial charge in [-0.3, -0.25) is 14.3 Å². The van der Waals surface area contributed by atoms with E-state index in [0.717, 1.165) is 46.2 Å². The molecule has 1 amide bonds. The van der Waals surface area contributed by atoms with E-state index in [0.29, 0.717) is 12.1 Å². The van der Waals surface area contributed by atoms with Crippen LogP contribution in [0.15, 0.2) is 64.4 Å². The lowest BCUT2D eigenvalue weighted by atomic mass is 9.82. The monoisotopic (exact) mass is 536 g/mol. The number of carbonyl (C=O) groups is 1. The van der Waals surface area contributed by atoms with Crippen LogP contribution in [0.4, 0.5) is 10.7 Å². The van der Waals surface area contributed by atoms with Crippen LogP contribution in [-0.2, 0) is 0 Å². The zero-order chi connectivity index (χ0) is 28.2. The number of aryl methyl sites for hydroxylation is 2. The third-order valence-corrected chi connectivity index (χ3v) is 8.29. The number of H-pyrrole nitrogens is 1. The first kappa shape index (κ1) is 25.6. The first-order valence-corrected chi connectivity index (χ1v) is 13.4. The number of nitrogens with zero attached hydrogens (tertiary/aromatic N) is 4. The van der Waals surface area contributed by atoms with Crippen molar-refractivity contribution >= 4 is 24.2 Å². The minimum Gasteiger partial charge on any atom is -0.435 e. The van der Waals surface area contributed by atoms with Crippen LogP contribution in [0.25, 0.3) is 18.0 Å². The molecule has 1 saturated heterocycles. The molecule has 0 bridgehead atoms. The summed E-state index contributed by atoms with van der Waals surface area (Å²) in [5.41, 5.74) is 5.33. The Bertz CT molecular complexity index is 1770. The molecule has 1 fully saturated rings. The van der Waals surface area contributed by atoms with Crippen LogP contribution in [0.3, 0.4) is 0 Å². The minimum atomic E-state index is -1.03. The highest BCUT2D eigenvalue weighted by Gasteiger charge is 2.51. The van der Waals surface area contributed by atoms with Gasteiger partial charge in [0.15, 0.2) is 0 Å². The first-order chi connectivity index (χ1) is 19.2. The molecule has 2 aromatic heterocycles. The molecular formula is C31H30N5O4+. The molecule has 2 N–H and O–H groups in total. The molecule has 202 valence electrons. The maximum absolute atomic E-state index is 13.4. The number of aromatic amines is 1. The second kappa shape index (κ2) is 9.53. The maximum Gasteiger partial charge on any atom is 0.521 e. The number of amides is 1. The van der Waals surface area contributed by atoms with Gasteiger partial charge >= 0.3 is 17.7 Å². The van der Waals surface area contributed by atoms with Crippen LogP contribution >= 0.6 is 0 Å². The second-order valence-corrected chi connectivity index (χ2v) is 10.8. The van der Waals surface area contributed by atoms with E-state index in [2.05, 4.69) is 39.2 Å². The fraction of sp³-hybridized carbons (Fsp3) is 0.258. The van der Waals surface area contributed by atoms with E-state index in [9.17, 15) is 19.5 Å². The smallest absolute Gasteiger partial charge is 0.435 e. The van der Waals surface area contributed by atoms with E-state index in [1.54, 1.807) is 6.07 Å². The number of nitrogens with one attached hydrogen (secondary N) is 1. The van der Waals surface area contributed by atoms with Gasteiger partial charge in [0, 0.05) is 42.8 Å². The normalized spacial score (nSPS) is 20.1. The molecular weight excluding hydrogens is 506 g/mol. The Labute approximate surface area is 230 Å². The van der Waals surface area contributed by atoms with Crippen LogP contribution in [0, 0.1) is 13.8 Å². The third kappa shape index (κ3) is 4.01. The maximum atomic E-state index is 13.4. The summed E-state index contributed by atoms with van der Waals surface area (Å²) in [6.45, 7) is 6.30. The fourth-order valence-electron chi connectivity index (χ4n) is 6.16. The number of carboxylic acid groups (broad SMARTS) is 1. The highest BCUT2D eigenvalue weighted by atomic mass is 16.4. The molecule has 6 rings (SSSR count). The summed E-state index contributed by atoms with van der Waals surface area (Å²) in [6.07, 6.45) is 7.57. The number of benzene rings is 2. The van der Waals surface area contributed by atoms with Gasteiger partial charge in [0.2, 0.25) is 0 Å². The summed E-state index contributed by atoms with van der Waals surface area (Å²) in [5, 5.41) is 10.2. The Morgan fingerprint density at radius 2 is 1.65 bits per heavy atom. The number of hydrogen-bond donors (Lipinski definition) is 2. The minimum absolute atomic E-state index is 0.120. The molecule has 1 aliphatic carbocycles. The van der Waals surface area contributed by atoms with Crippen molar-refractivity contribution in [3.63, 3.8) is 0 Å². The van der Waals surface area contributed by atoms with Crippen LogP contribution < -0.4 is 15.7 Å². The summed E-state index contributed by atoms with van der Waals surface area (Å²) in [4.78, 5) is 50.4. The quantitative estimate of drug-likeness (QED) is 0.321. The van der Waals surface area contributed by atoms with Crippen molar-refractivity contribution in [1.29, 1.82) is 0 Å². The van der Waals surface area contributed by atoms with Crippen LogP contribution in [0.2, 0.25) is 0 Å². The number of likely N-dealkylation sites (tertiary alicyclic amines) is 1. The molecule has 4 aromatic rings. The van der Waals surface area contributed by atoms with Gasteiger partial charge in [-0.15, -0.1) is 0 Å². The second-order valence-electron chi connectivity index (χ2n) is 10.8. The summed E-state index contributed by atoms with van der Waals surface area (Å²) in [7, 11) is 0. The standard InChI is InChI=1S/C31H29N5O4/c1-18-6-10-23-21(15-18)8-9-22-16-19(2)7-11-24(22)27(23)25-17-35(30(38)34-28(25)37)26-12-13-32-29(33-26)36(31(39)40)14-4-5-20(36)3/h6-13,15-17,20,27H,4-5,14H2,1-3H3,(H-,34,37,38,39,40)/p+1/t20-,36?/m1/s1. The molecule has 3 heterocycles. The summed E-state index contributed by atoms with van der Waals surface area (Å²) in [6, 6.07) is 13.6. The van der Waals surface area contributed by atoms with E-state index in [4.69, 9.17) is 0 Å². The zero-order valence-corrected chi connectivity index (χ0v) is 22.6. The Hall–Kier alpha value is -4.63. The molecule has 40 heavy (non-hydrogen) atoms. The highest BCUT2D eigenvalue weighted by molar-refractivity contribution is 5.80. The zero-order valence-electron chi connectivity index (χ0n) is 22.6.